The summed E-state index contributed by atoms with van der Waals surface area (Å²) in [5.74, 6) is 3.71. The third kappa shape index (κ3) is 2.42. The van der Waals surface area contributed by atoms with Gasteiger partial charge in [-0.1, -0.05) is 25.7 Å². The molecule has 0 bridgehead atoms. The standard InChI is InChI=1S/C14H21ClN2O/c1-9(15)13-16-17-14(18-13)12-7-6-10-4-2-3-5-11(10)8-12/h9-12H,2-8H2,1H3. The second-order valence-electron chi connectivity index (χ2n) is 5.91. The van der Waals surface area contributed by atoms with E-state index in [-0.39, 0.29) is 5.38 Å². The molecular formula is C14H21ClN2O. The molecule has 2 aliphatic carbocycles. The maximum atomic E-state index is 5.97. The van der Waals surface area contributed by atoms with E-state index < -0.39 is 0 Å². The lowest BCUT2D eigenvalue weighted by atomic mass is 9.67. The van der Waals surface area contributed by atoms with Crippen LogP contribution in [0, 0.1) is 11.8 Å². The van der Waals surface area contributed by atoms with Crippen LogP contribution < -0.4 is 0 Å². The van der Waals surface area contributed by atoms with Gasteiger partial charge in [-0.3, -0.25) is 0 Å². The molecular weight excluding hydrogens is 248 g/mol. The highest BCUT2D eigenvalue weighted by atomic mass is 35.5. The molecule has 0 saturated heterocycles. The molecule has 100 valence electrons. The van der Waals surface area contributed by atoms with E-state index in [4.69, 9.17) is 16.0 Å². The predicted octanol–water partition coefficient (Wildman–Crippen LogP) is 4.44. The van der Waals surface area contributed by atoms with Gasteiger partial charge in [0, 0.05) is 5.92 Å². The van der Waals surface area contributed by atoms with Crippen molar-refractivity contribution in [3.05, 3.63) is 11.8 Å². The van der Waals surface area contributed by atoms with Gasteiger partial charge in [0.05, 0.1) is 0 Å². The summed E-state index contributed by atoms with van der Waals surface area (Å²) < 4.78 is 5.71. The molecule has 2 saturated carbocycles. The summed E-state index contributed by atoms with van der Waals surface area (Å²) in [5, 5.41) is 8.06. The number of fused-ring (bicyclic) bond motifs is 1. The molecule has 2 fully saturated rings. The summed E-state index contributed by atoms with van der Waals surface area (Å²) >= 11 is 5.97. The Kier molecular flexibility index (Phi) is 3.60. The van der Waals surface area contributed by atoms with Crippen molar-refractivity contribution in [3.8, 4) is 0 Å². The van der Waals surface area contributed by atoms with E-state index in [1.54, 1.807) is 0 Å². The maximum absolute atomic E-state index is 5.97. The second-order valence-corrected chi connectivity index (χ2v) is 6.56. The molecule has 2 aliphatic rings. The fourth-order valence-electron chi connectivity index (χ4n) is 3.67. The minimum absolute atomic E-state index is 0.183. The van der Waals surface area contributed by atoms with E-state index in [1.165, 1.54) is 44.9 Å². The van der Waals surface area contributed by atoms with Crippen LogP contribution in [-0.2, 0) is 0 Å². The minimum atomic E-state index is -0.183. The third-order valence-electron chi connectivity index (χ3n) is 4.69. The van der Waals surface area contributed by atoms with Gasteiger partial charge >= 0.3 is 0 Å². The molecule has 3 rings (SSSR count). The first-order valence-electron chi connectivity index (χ1n) is 7.21. The van der Waals surface area contributed by atoms with Crippen LogP contribution in [0.5, 0.6) is 0 Å². The average Bonchev–Trinajstić information content (AvgIpc) is 2.88. The van der Waals surface area contributed by atoms with Gasteiger partial charge in [0.2, 0.25) is 11.8 Å². The van der Waals surface area contributed by atoms with Gasteiger partial charge in [-0.05, 0) is 38.0 Å². The molecule has 18 heavy (non-hydrogen) atoms. The quantitative estimate of drug-likeness (QED) is 0.744. The topological polar surface area (TPSA) is 38.9 Å². The third-order valence-corrected chi connectivity index (χ3v) is 4.87. The van der Waals surface area contributed by atoms with E-state index in [1.807, 2.05) is 6.92 Å². The highest BCUT2D eigenvalue weighted by Crippen LogP contribution is 2.45. The van der Waals surface area contributed by atoms with Crippen molar-refractivity contribution < 1.29 is 4.42 Å². The van der Waals surface area contributed by atoms with Gasteiger partial charge in [0.1, 0.15) is 5.38 Å². The summed E-state index contributed by atoms with van der Waals surface area (Å²) in [6, 6.07) is 0. The first-order chi connectivity index (χ1) is 8.74. The number of hydrogen-bond acceptors (Lipinski definition) is 3. The Morgan fingerprint density at radius 2 is 1.89 bits per heavy atom. The largest absolute Gasteiger partial charge is 0.423 e. The molecule has 0 aromatic carbocycles. The molecule has 1 heterocycles. The van der Waals surface area contributed by atoms with Gasteiger partial charge in [0.25, 0.3) is 0 Å². The molecule has 4 unspecified atom stereocenters. The van der Waals surface area contributed by atoms with Gasteiger partial charge < -0.3 is 4.42 Å². The number of rotatable bonds is 2. The fourth-order valence-corrected chi connectivity index (χ4v) is 3.76. The molecule has 1 aromatic rings. The first-order valence-corrected chi connectivity index (χ1v) is 7.65. The van der Waals surface area contributed by atoms with Crippen molar-refractivity contribution in [2.45, 2.75) is 63.2 Å². The fraction of sp³-hybridized carbons (Fsp3) is 0.857. The van der Waals surface area contributed by atoms with Crippen LogP contribution in [0.3, 0.4) is 0 Å². The van der Waals surface area contributed by atoms with Crippen molar-refractivity contribution >= 4 is 11.6 Å². The van der Waals surface area contributed by atoms with Crippen molar-refractivity contribution in [1.29, 1.82) is 0 Å². The Labute approximate surface area is 113 Å². The Morgan fingerprint density at radius 3 is 2.61 bits per heavy atom. The molecule has 4 atom stereocenters. The zero-order chi connectivity index (χ0) is 12.5. The normalized spacial score (nSPS) is 34.0. The summed E-state index contributed by atoms with van der Waals surface area (Å²) in [7, 11) is 0. The van der Waals surface area contributed by atoms with Crippen LogP contribution in [0.2, 0.25) is 0 Å². The lowest BCUT2D eigenvalue weighted by Crippen LogP contribution is -2.26. The molecule has 0 radical (unpaired) electrons. The zero-order valence-corrected chi connectivity index (χ0v) is 11.7. The predicted molar refractivity (Wildman–Crippen MR) is 70.6 cm³/mol. The molecule has 4 heteroatoms. The molecule has 0 aliphatic heterocycles. The van der Waals surface area contributed by atoms with Gasteiger partial charge in [-0.15, -0.1) is 21.8 Å². The number of alkyl halides is 1. The smallest absolute Gasteiger partial charge is 0.234 e. The van der Waals surface area contributed by atoms with E-state index >= 15 is 0 Å². The number of halogens is 1. The van der Waals surface area contributed by atoms with E-state index in [0.29, 0.717) is 11.8 Å². The van der Waals surface area contributed by atoms with E-state index in [0.717, 1.165) is 17.7 Å². The maximum Gasteiger partial charge on any atom is 0.234 e. The van der Waals surface area contributed by atoms with Crippen LogP contribution >= 0.6 is 11.6 Å². The Morgan fingerprint density at radius 1 is 1.11 bits per heavy atom. The molecule has 0 amide bonds. The molecule has 1 aromatic heterocycles. The average molecular weight is 269 g/mol. The van der Waals surface area contributed by atoms with Crippen molar-refractivity contribution in [2.24, 2.45) is 11.8 Å². The van der Waals surface area contributed by atoms with Crippen molar-refractivity contribution in [1.82, 2.24) is 10.2 Å². The summed E-state index contributed by atoms with van der Waals surface area (Å²) in [4.78, 5) is 0. The van der Waals surface area contributed by atoms with E-state index in [9.17, 15) is 0 Å². The van der Waals surface area contributed by atoms with Gasteiger partial charge in [-0.2, -0.15) is 0 Å². The molecule has 3 nitrogen and oxygen atoms in total. The zero-order valence-electron chi connectivity index (χ0n) is 10.9. The number of nitrogens with zero attached hydrogens (tertiary/aromatic N) is 2. The van der Waals surface area contributed by atoms with Gasteiger partial charge in [0.15, 0.2) is 0 Å². The van der Waals surface area contributed by atoms with Crippen LogP contribution in [-0.4, -0.2) is 10.2 Å². The lowest BCUT2D eigenvalue weighted by molar-refractivity contribution is 0.145. The van der Waals surface area contributed by atoms with Gasteiger partial charge in [-0.25, -0.2) is 0 Å². The van der Waals surface area contributed by atoms with Crippen LogP contribution in [0.25, 0.3) is 0 Å². The summed E-state index contributed by atoms with van der Waals surface area (Å²) in [6.45, 7) is 1.87. The number of hydrogen-bond donors (Lipinski definition) is 0. The molecule has 0 N–H and O–H groups in total. The Bertz CT molecular complexity index is 404. The minimum Gasteiger partial charge on any atom is -0.423 e. The highest BCUT2D eigenvalue weighted by Gasteiger charge is 2.34. The van der Waals surface area contributed by atoms with Crippen molar-refractivity contribution in [3.63, 3.8) is 0 Å². The molecule has 0 spiro atoms. The summed E-state index contributed by atoms with van der Waals surface area (Å²) in [5.41, 5.74) is 0. The summed E-state index contributed by atoms with van der Waals surface area (Å²) in [6.07, 6.45) is 9.45. The van der Waals surface area contributed by atoms with Crippen LogP contribution in [0.15, 0.2) is 4.42 Å². The lowest BCUT2D eigenvalue weighted by Gasteiger charge is -2.38. The Hall–Kier alpha value is -0.570. The monoisotopic (exact) mass is 268 g/mol. The van der Waals surface area contributed by atoms with E-state index in [2.05, 4.69) is 10.2 Å². The van der Waals surface area contributed by atoms with Crippen molar-refractivity contribution in [2.75, 3.05) is 0 Å². The highest BCUT2D eigenvalue weighted by molar-refractivity contribution is 6.20. The van der Waals surface area contributed by atoms with Crippen LogP contribution in [0.1, 0.15) is 74.9 Å². The van der Waals surface area contributed by atoms with Crippen LogP contribution in [0.4, 0.5) is 0 Å². The second kappa shape index (κ2) is 5.20. The Balaban J connectivity index is 1.69. The number of aromatic nitrogens is 2. The first kappa shape index (κ1) is 12.5. The SMILES string of the molecule is CC(Cl)c1nnc(C2CCC3CCCCC3C2)o1.